The third-order valence-corrected chi connectivity index (χ3v) is 7.77. The van der Waals surface area contributed by atoms with Crippen LogP contribution in [0.3, 0.4) is 0 Å². The van der Waals surface area contributed by atoms with Gasteiger partial charge in [0.25, 0.3) is 5.91 Å². The van der Waals surface area contributed by atoms with E-state index in [0.29, 0.717) is 30.6 Å². The van der Waals surface area contributed by atoms with Crippen molar-refractivity contribution in [1.29, 1.82) is 0 Å². The van der Waals surface area contributed by atoms with Crippen molar-refractivity contribution in [2.45, 2.75) is 37.9 Å². The number of carbonyl (C=O) groups is 1. The highest BCUT2D eigenvalue weighted by Gasteiger charge is 2.38. The summed E-state index contributed by atoms with van der Waals surface area (Å²) in [4.78, 5) is 17.2. The summed E-state index contributed by atoms with van der Waals surface area (Å²) in [6.07, 6.45) is 5.90. The zero-order valence-corrected chi connectivity index (χ0v) is 19.3. The van der Waals surface area contributed by atoms with Crippen LogP contribution in [0.15, 0.2) is 47.4 Å². The van der Waals surface area contributed by atoms with Crippen molar-refractivity contribution in [2.75, 3.05) is 32.4 Å². The first-order valence-electron chi connectivity index (χ1n) is 11.1. The molecule has 33 heavy (non-hydrogen) atoms. The fourth-order valence-electron chi connectivity index (χ4n) is 4.68. The van der Waals surface area contributed by atoms with Gasteiger partial charge in [0.15, 0.2) is 9.84 Å². The SMILES string of the molecule is CS(=O)(=O)C1=CC=C(c2ccc(C(=O)N3CC=C[C@H]3CN3CCCC3)c(C(F)(F)F)c2)CC1. The van der Waals surface area contributed by atoms with Crippen LogP contribution in [-0.2, 0) is 16.0 Å². The van der Waals surface area contributed by atoms with Gasteiger partial charge in [-0.3, -0.25) is 4.79 Å². The van der Waals surface area contributed by atoms with Crippen molar-refractivity contribution in [1.82, 2.24) is 9.80 Å². The van der Waals surface area contributed by atoms with Crippen LogP contribution in [0.5, 0.6) is 0 Å². The largest absolute Gasteiger partial charge is 0.417 e. The van der Waals surface area contributed by atoms with Gasteiger partial charge in [-0.05, 0) is 68.1 Å². The smallest absolute Gasteiger partial charge is 0.327 e. The zero-order valence-electron chi connectivity index (χ0n) is 18.4. The molecule has 0 bridgehead atoms. The van der Waals surface area contributed by atoms with E-state index in [1.54, 1.807) is 6.08 Å². The van der Waals surface area contributed by atoms with Crippen LogP contribution < -0.4 is 0 Å². The number of hydrogen-bond acceptors (Lipinski definition) is 4. The maximum absolute atomic E-state index is 14.0. The summed E-state index contributed by atoms with van der Waals surface area (Å²) in [6.45, 7) is 2.81. The molecule has 0 N–H and O–H groups in total. The molecule has 4 rings (SSSR count). The highest BCUT2D eigenvalue weighted by Crippen LogP contribution is 2.37. The summed E-state index contributed by atoms with van der Waals surface area (Å²) in [7, 11) is -3.33. The molecule has 0 radical (unpaired) electrons. The van der Waals surface area contributed by atoms with Crippen molar-refractivity contribution in [3.63, 3.8) is 0 Å². The Morgan fingerprint density at radius 1 is 1.12 bits per heavy atom. The molecule has 9 heteroatoms. The fourth-order valence-corrected chi connectivity index (χ4v) is 5.47. The number of sulfone groups is 1. The lowest BCUT2D eigenvalue weighted by Gasteiger charge is -2.29. The van der Waals surface area contributed by atoms with Crippen LogP contribution in [-0.4, -0.2) is 62.6 Å². The summed E-state index contributed by atoms with van der Waals surface area (Å²) in [5, 5.41) is 0. The molecule has 0 aromatic heterocycles. The van der Waals surface area contributed by atoms with Gasteiger partial charge < -0.3 is 9.80 Å². The molecule has 5 nitrogen and oxygen atoms in total. The number of halogens is 3. The van der Waals surface area contributed by atoms with Gasteiger partial charge in [-0.25, -0.2) is 8.42 Å². The highest BCUT2D eigenvalue weighted by atomic mass is 32.2. The summed E-state index contributed by atoms with van der Waals surface area (Å²) < 4.78 is 65.3. The molecular formula is C24H27F3N2O3S. The standard InChI is InChI=1S/C24H27F3N2O3S/c1-33(31,32)20-9-6-17(7-10-20)18-8-11-21(22(15-18)24(25,26)27)23(30)29-14-4-5-19(29)16-28-12-2-3-13-28/h4-6,8-9,11,15,19H,2-3,7,10,12-14,16H2,1H3/t19-/m0/s1. The molecule has 1 atom stereocenters. The second-order valence-electron chi connectivity index (χ2n) is 8.82. The monoisotopic (exact) mass is 480 g/mol. The van der Waals surface area contributed by atoms with Crippen LogP contribution in [0.1, 0.15) is 47.2 Å². The van der Waals surface area contributed by atoms with E-state index >= 15 is 0 Å². The molecule has 1 aromatic carbocycles. The lowest BCUT2D eigenvalue weighted by Crippen LogP contribution is -2.43. The average Bonchev–Trinajstić information content (AvgIpc) is 3.44. The molecular weight excluding hydrogens is 453 g/mol. The van der Waals surface area contributed by atoms with Crippen molar-refractivity contribution in [2.24, 2.45) is 0 Å². The Morgan fingerprint density at radius 2 is 1.85 bits per heavy atom. The number of allylic oxidation sites excluding steroid dienone is 4. The summed E-state index contributed by atoms with van der Waals surface area (Å²) in [6, 6.07) is 3.55. The molecule has 1 amide bonds. The highest BCUT2D eigenvalue weighted by molar-refractivity contribution is 7.94. The molecule has 1 saturated heterocycles. The number of carbonyl (C=O) groups excluding carboxylic acids is 1. The van der Waals surface area contributed by atoms with Gasteiger partial charge in [0.2, 0.25) is 0 Å². The third kappa shape index (κ3) is 5.24. The average molecular weight is 481 g/mol. The van der Waals surface area contributed by atoms with E-state index in [1.165, 1.54) is 23.1 Å². The lowest BCUT2D eigenvalue weighted by molar-refractivity contribution is -0.138. The van der Waals surface area contributed by atoms with E-state index in [-0.39, 0.29) is 22.9 Å². The molecule has 1 fully saturated rings. The Labute approximate surface area is 192 Å². The van der Waals surface area contributed by atoms with Gasteiger partial charge in [0.05, 0.1) is 17.2 Å². The van der Waals surface area contributed by atoms with Crippen LogP contribution in [0.25, 0.3) is 5.57 Å². The van der Waals surface area contributed by atoms with E-state index in [0.717, 1.165) is 38.3 Å². The van der Waals surface area contributed by atoms with Crippen LogP contribution in [0.2, 0.25) is 0 Å². The Kier molecular flexibility index (Phi) is 6.55. The third-order valence-electron chi connectivity index (χ3n) is 6.48. The molecule has 0 unspecified atom stereocenters. The number of hydrogen-bond donors (Lipinski definition) is 0. The number of amides is 1. The van der Waals surface area contributed by atoms with Gasteiger partial charge in [0, 0.05) is 24.3 Å². The fraction of sp³-hybridized carbons (Fsp3) is 0.458. The number of benzene rings is 1. The van der Waals surface area contributed by atoms with Crippen molar-refractivity contribution in [3.05, 3.63) is 64.1 Å². The molecule has 3 aliphatic rings. The zero-order chi connectivity index (χ0) is 23.8. The molecule has 2 heterocycles. The lowest BCUT2D eigenvalue weighted by atomic mass is 9.93. The molecule has 0 saturated carbocycles. The maximum atomic E-state index is 14.0. The summed E-state index contributed by atoms with van der Waals surface area (Å²) >= 11 is 0. The van der Waals surface area contributed by atoms with Crippen molar-refractivity contribution in [3.8, 4) is 0 Å². The van der Waals surface area contributed by atoms with Gasteiger partial charge in [-0.1, -0.05) is 24.3 Å². The number of nitrogens with zero attached hydrogens (tertiary/aromatic N) is 2. The molecule has 1 aliphatic carbocycles. The minimum atomic E-state index is -4.69. The number of alkyl halides is 3. The topological polar surface area (TPSA) is 57.7 Å². The number of likely N-dealkylation sites (tertiary alicyclic amines) is 1. The first-order chi connectivity index (χ1) is 15.5. The van der Waals surface area contributed by atoms with E-state index in [4.69, 9.17) is 0 Å². The maximum Gasteiger partial charge on any atom is 0.417 e. The van der Waals surface area contributed by atoms with Crippen LogP contribution in [0, 0.1) is 0 Å². The van der Waals surface area contributed by atoms with Gasteiger partial charge in [-0.2, -0.15) is 13.2 Å². The Morgan fingerprint density at radius 3 is 2.45 bits per heavy atom. The van der Waals surface area contributed by atoms with Gasteiger partial charge in [0.1, 0.15) is 0 Å². The Bertz CT molecular complexity index is 1130. The first-order valence-corrected chi connectivity index (χ1v) is 12.9. The van der Waals surface area contributed by atoms with Gasteiger partial charge in [-0.15, -0.1) is 0 Å². The van der Waals surface area contributed by atoms with Gasteiger partial charge >= 0.3 is 6.18 Å². The second kappa shape index (κ2) is 9.10. The molecule has 2 aliphatic heterocycles. The van der Waals surface area contributed by atoms with E-state index in [9.17, 15) is 26.4 Å². The predicted molar refractivity (Wildman–Crippen MR) is 121 cm³/mol. The number of rotatable bonds is 5. The van der Waals surface area contributed by atoms with Crippen LogP contribution in [0.4, 0.5) is 13.2 Å². The minimum absolute atomic E-state index is 0.239. The molecule has 178 valence electrons. The van der Waals surface area contributed by atoms with E-state index < -0.39 is 27.5 Å². The van der Waals surface area contributed by atoms with E-state index in [1.807, 2.05) is 12.2 Å². The minimum Gasteiger partial charge on any atom is -0.327 e. The second-order valence-corrected chi connectivity index (χ2v) is 10.9. The summed E-state index contributed by atoms with van der Waals surface area (Å²) in [5.41, 5.74) is -0.363. The van der Waals surface area contributed by atoms with Crippen LogP contribution >= 0.6 is 0 Å². The Hall–Kier alpha value is -2.39. The predicted octanol–water partition coefficient (Wildman–Crippen LogP) is 4.29. The van der Waals surface area contributed by atoms with Crippen molar-refractivity contribution < 1.29 is 26.4 Å². The Balaban J connectivity index is 1.62. The normalized spacial score (nSPS) is 21.9. The quantitative estimate of drug-likeness (QED) is 0.590. The molecule has 0 spiro atoms. The summed E-state index contributed by atoms with van der Waals surface area (Å²) in [5.74, 6) is -0.625. The first kappa shape index (κ1) is 23.8. The van der Waals surface area contributed by atoms with E-state index in [2.05, 4.69) is 4.90 Å². The van der Waals surface area contributed by atoms with Crippen molar-refractivity contribution >= 4 is 21.3 Å². The molecule has 1 aromatic rings.